The minimum Gasteiger partial charge on any atom is -0.331 e. The van der Waals surface area contributed by atoms with Crippen molar-refractivity contribution in [1.82, 2.24) is 14.8 Å². The summed E-state index contributed by atoms with van der Waals surface area (Å²) in [5, 5.41) is 0. The summed E-state index contributed by atoms with van der Waals surface area (Å²) in [6, 6.07) is 8.15. The molecule has 2 heterocycles. The molecule has 0 atom stereocenters. The van der Waals surface area contributed by atoms with Gasteiger partial charge in [0.05, 0.1) is 0 Å². The van der Waals surface area contributed by atoms with Crippen LogP contribution in [0, 0.1) is 17.7 Å². The van der Waals surface area contributed by atoms with E-state index in [1.165, 1.54) is 12.1 Å². The van der Waals surface area contributed by atoms with E-state index in [0.29, 0.717) is 18.7 Å². The molecule has 0 bridgehead atoms. The quantitative estimate of drug-likeness (QED) is 0.699. The Hall–Kier alpha value is -2.87. The van der Waals surface area contributed by atoms with Gasteiger partial charge in [0.15, 0.2) is 0 Å². The molecule has 1 aromatic carbocycles. The Morgan fingerprint density at radius 2 is 2.04 bits per heavy atom. The van der Waals surface area contributed by atoms with Crippen molar-refractivity contribution >= 4 is 6.03 Å². The molecule has 1 aromatic heterocycles. The number of carbonyl (C=O) groups excluding carboxylic acids is 1. The zero-order chi connectivity index (χ0) is 17.1. The molecule has 0 saturated heterocycles. The van der Waals surface area contributed by atoms with Gasteiger partial charge in [-0.25, -0.2) is 9.18 Å². The van der Waals surface area contributed by atoms with Crippen molar-refractivity contribution in [3.63, 3.8) is 0 Å². The topological polar surface area (TPSA) is 36.4 Å². The Morgan fingerprint density at radius 3 is 2.79 bits per heavy atom. The summed E-state index contributed by atoms with van der Waals surface area (Å²) >= 11 is 0. The summed E-state index contributed by atoms with van der Waals surface area (Å²) in [5.41, 5.74) is 3.41. The number of hydrogen-bond acceptors (Lipinski definition) is 2. The number of nitrogens with zero attached hydrogens (tertiary/aromatic N) is 3. The number of benzene rings is 1. The lowest BCUT2D eigenvalue weighted by atomic mass is 10.0. The van der Waals surface area contributed by atoms with Gasteiger partial charge in [-0.3, -0.25) is 4.98 Å². The van der Waals surface area contributed by atoms with Crippen molar-refractivity contribution in [3.8, 4) is 11.8 Å². The van der Waals surface area contributed by atoms with Gasteiger partial charge in [0.1, 0.15) is 5.82 Å². The second-order valence-corrected chi connectivity index (χ2v) is 5.94. The van der Waals surface area contributed by atoms with E-state index in [2.05, 4.69) is 16.8 Å². The summed E-state index contributed by atoms with van der Waals surface area (Å²) in [6.45, 7) is 1.21. The molecular formula is C19H18FN3O. The maximum Gasteiger partial charge on any atom is 0.319 e. The molecule has 5 heteroatoms. The number of amides is 2. The van der Waals surface area contributed by atoms with Crippen molar-refractivity contribution < 1.29 is 9.18 Å². The molecule has 4 nitrogen and oxygen atoms in total. The highest BCUT2D eigenvalue weighted by Gasteiger charge is 2.22. The first-order chi connectivity index (χ1) is 11.5. The Balaban J connectivity index is 1.82. The maximum absolute atomic E-state index is 13.2. The molecule has 0 N–H and O–H groups in total. The van der Waals surface area contributed by atoms with Crippen LogP contribution in [0.15, 0.2) is 36.5 Å². The van der Waals surface area contributed by atoms with Crippen LogP contribution in [-0.4, -0.2) is 41.5 Å². The van der Waals surface area contributed by atoms with Crippen LogP contribution in [0.5, 0.6) is 0 Å². The Kier molecular flexibility index (Phi) is 4.48. The van der Waals surface area contributed by atoms with E-state index in [9.17, 15) is 9.18 Å². The van der Waals surface area contributed by atoms with Crippen molar-refractivity contribution in [2.24, 2.45) is 0 Å². The number of urea groups is 1. The second-order valence-electron chi connectivity index (χ2n) is 5.94. The average molecular weight is 323 g/mol. The SMILES string of the molecule is CN(C)C(=O)N1CCc2ncc(C#Cc3cccc(F)c3)cc2C1. The predicted molar refractivity (Wildman–Crippen MR) is 89.8 cm³/mol. The number of pyridine rings is 1. The van der Waals surface area contributed by atoms with Crippen LogP contribution in [0.2, 0.25) is 0 Å². The molecule has 0 saturated carbocycles. The smallest absolute Gasteiger partial charge is 0.319 e. The van der Waals surface area contributed by atoms with E-state index in [-0.39, 0.29) is 11.8 Å². The van der Waals surface area contributed by atoms with Gasteiger partial charge in [-0.15, -0.1) is 0 Å². The van der Waals surface area contributed by atoms with E-state index in [1.54, 1.807) is 42.2 Å². The number of halogens is 1. The lowest BCUT2D eigenvalue weighted by Crippen LogP contribution is -2.42. The van der Waals surface area contributed by atoms with Crippen molar-refractivity contribution in [3.05, 3.63) is 64.7 Å². The van der Waals surface area contributed by atoms with E-state index < -0.39 is 0 Å². The third kappa shape index (κ3) is 3.54. The molecule has 1 aliphatic heterocycles. The fraction of sp³-hybridized carbons (Fsp3) is 0.263. The van der Waals surface area contributed by atoms with Gasteiger partial charge in [0.2, 0.25) is 0 Å². The molecule has 0 unspecified atom stereocenters. The van der Waals surface area contributed by atoms with Crippen LogP contribution in [0.4, 0.5) is 9.18 Å². The monoisotopic (exact) mass is 323 g/mol. The highest BCUT2D eigenvalue weighted by molar-refractivity contribution is 5.74. The predicted octanol–water partition coefficient (Wildman–Crippen LogP) is 2.66. The van der Waals surface area contributed by atoms with Gasteiger partial charge >= 0.3 is 6.03 Å². The van der Waals surface area contributed by atoms with Gasteiger partial charge in [-0.05, 0) is 29.8 Å². The Morgan fingerprint density at radius 1 is 1.25 bits per heavy atom. The van der Waals surface area contributed by atoms with Gasteiger partial charge in [0, 0.05) is 56.6 Å². The number of fused-ring (bicyclic) bond motifs is 1. The third-order valence-electron chi connectivity index (χ3n) is 3.87. The molecule has 24 heavy (non-hydrogen) atoms. The van der Waals surface area contributed by atoms with Crippen LogP contribution in [-0.2, 0) is 13.0 Å². The van der Waals surface area contributed by atoms with E-state index in [4.69, 9.17) is 0 Å². The number of hydrogen-bond donors (Lipinski definition) is 0. The van der Waals surface area contributed by atoms with Gasteiger partial charge in [0.25, 0.3) is 0 Å². The molecule has 0 fully saturated rings. The van der Waals surface area contributed by atoms with Crippen molar-refractivity contribution in [2.45, 2.75) is 13.0 Å². The van der Waals surface area contributed by atoms with E-state index >= 15 is 0 Å². The van der Waals surface area contributed by atoms with E-state index in [1.807, 2.05) is 6.07 Å². The minimum atomic E-state index is -0.303. The molecule has 2 amide bonds. The maximum atomic E-state index is 13.2. The molecule has 122 valence electrons. The lowest BCUT2D eigenvalue weighted by Gasteiger charge is -2.30. The average Bonchev–Trinajstić information content (AvgIpc) is 2.58. The van der Waals surface area contributed by atoms with Crippen molar-refractivity contribution in [1.29, 1.82) is 0 Å². The first kappa shape index (κ1) is 16.0. The van der Waals surface area contributed by atoms with Gasteiger partial charge < -0.3 is 9.80 Å². The molecule has 0 radical (unpaired) electrons. The standard InChI is InChI=1S/C19H18FN3O/c1-22(2)19(24)23-9-8-18-16(13-23)10-15(12-21-18)7-6-14-4-3-5-17(20)11-14/h3-5,10-12H,8-9,13H2,1-2H3. The summed E-state index contributed by atoms with van der Waals surface area (Å²) in [7, 11) is 3.49. The van der Waals surface area contributed by atoms with Gasteiger partial charge in [-0.2, -0.15) is 0 Å². The largest absolute Gasteiger partial charge is 0.331 e. The molecule has 0 spiro atoms. The van der Waals surface area contributed by atoms with Crippen LogP contribution >= 0.6 is 0 Å². The molecular weight excluding hydrogens is 305 g/mol. The van der Waals surface area contributed by atoms with E-state index in [0.717, 1.165) is 23.2 Å². The highest BCUT2D eigenvalue weighted by Crippen LogP contribution is 2.18. The van der Waals surface area contributed by atoms with Crippen LogP contribution in [0.25, 0.3) is 0 Å². The van der Waals surface area contributed by atoms with Crippen molar-refractivity contribution in [2.75, 3.05) is 20.6 Å². The first-order valence-corrected chi connectivity index (χ1v) is 7.74. The number of rotatable bonds is 0. The summed E-state index contributed by atoms with van der Waals surface area (Å²) < 4.78 is 13.2. The first-order valence-electron chi connectivity index (χ1n) is 7.74. The number of carbonyl (C=O) groups is 1. The second kappa shape index (κ2) is 6.71. The minimum absolute atomic E-state index is 0.00287. The summed E-state index contributed by atoms with van der Waals surface area (Å²) in [4.78, 5) is 19.9. The zero-order valence-corrected chi connectivity index (χ0v) is 13.7. The molecule has 1 aliphatic rings. The highest BCUT2D eigenvalue weighted by atomic mass is 19.1. The van der Waals surface area contributed by atoms with Crippen LogP contribution < -0.4 is 0 Å². The van der Waals surface area contributed by atoms with Crippen LogP contribution in [0.3, 0.4) is 0 Å². The summed E-state index contributed by atoms with van der Waals surface area (Å²) in [5.74, 6) is 5.65. The molecule has 0 aliphatic carbocycles. The zero-order valence-electron chi connectivity index (χ0n) is 13.7. The normalized spacial score (nSPS) is 12.9. The van der Waals surface area contributed by atoms with Crippen LogP contribution in [0.1, 0.15) is 22.4 Å². The molecule has 3 rings (SSSR count). The fourth-order valence-electron chi connectivity index (χ4n) is 2.65. The lowest BCUT2D eigenvalue weighted by molar-refractivity contribution is 0.165. The Labute approximate surface area is 140 Å². The Bertz CT molecular complexity index is 836. The summed E-state index contributed by atoms with van der Waals surface area (Å²) in [6.07, 6.45) is 2.47. The number of aromatic nitrogens is 1. The molecule has 2 aromatic rings. The fourth-order valence-corrected chi connectivity index (χ4v) is 2.65. The third-order valence-corrected chi connectivity index (χ3v) is 3.87. The van der Waals surface area contributed by atoms with Gasteiger partial charge in [-0.1, -0.05) is 17.9 Å².